The fraction of sp³-hybridized carbons (Fsp3) is 0.500. The van der Waals surface area contributed by atoms with Gasteiger partial charge in [0.25, 0.3) is 0 Å². The van der Waals surface area contributed by atoms with Crippen LogP contribution >= 0.6 is 0 Å². The van der Waals surface area contributed by atoms with Crippen LogP contribution < -0.4 is 10.1 Å². The molecule has 0 fully saturated rings. The number of sulfonamides is 1. The van der Waals surface area contributed by atoms with E-state index in [0.29, 0.717) is 16.9 Å². The van der Waals surface area contributed by atoms with Gasteiger partial charge in [0.15, 0.2) is 0 Å². The van der Waals surface area contributed by atoms with Crippen LogP contribution in [0.15, 0.2) is 17.0 Å². The van der Waals surface area contributed by atoms with Crippen LogP contribution in [-0.2, 0) is 14.8 Å². The molecule has 0 saturated carbocycles. The lowest BCUT2D eigenvalue weighted by Gasteiger charge is -2.22. The molecule has 118 valence electrons. The third-order valence-electron chi connectivity index (χ3n) is 3.22. The maximum Gasteiger partial charge on any atom is 0.244 e. The van der Waals surface area contributed by atoms with Crippen LogP contribution in [0.4, 0.5) is 0 Å². The third kappa shape index (κ3) is 3.74. The van der Waals surface area contributed by atoms with Crippen molar-refractivity contribution in [2.75, 3.05) is 27.2 Å². The smallest absolute Gasteiger partial charge is 0.244 e. The fourth-order valence-corrected chi connectivity index (χ4v) is 3.99. The number of rotatable bonds is 6. The average Bonchev–Trinajstić information content (AvgIpc) is 2.42. The molecule has 0 heterocycles. The zero-order valence-corrected chi connectivity index (χ0v) is 13.9. The highest BCUT2D eigenvalue weighted by Gasteiger charge is 2.28. The minimum Gasteiger partial charge on any atom is -0.497 e. The largest absolute Gasteiger partial charge is 0.497 e. The summed E-state index contributed by atoms with van der Waals surface area (Å²) in [5.41, 5.74) is 1.20. The topological polar surface area (TPSA) is 75.7 Å². The number of methoxy groups -OCH3 is 1. The molecule has 0 atom stereocenters. The van der Waals surface area contributed by atoms with Gasteiger partial charge in [-0.3, -0.25) is 4.79 Å². The molecule has 21 heavy (non-hydrogen) atoms. The highest BCUT2D eigenvalue weighted by Crippen LogP contribution is 2.28. The molecular weight excluding hydrogens is 292 g/mol. The first kappa shape index (κ1) is 17.5. The first-order chi connectivity index (χ1) is 9.77. The molecule has 1 amide bonds. The van der Waals surface area contributed by atoms with Crippen molar-refractivity contribution >= 4 is 15.9 Å². The van der Waals surface area contributed by atoms with E-state index in [-0.39, 0.29) is 23.9 Å². The van der Waals surface area contributed by atoms with Crippen LogP contribution in [0.1, 0.15) is 18.1 Å². The molecule has 0 spiro atoms. The lowest BCUT2D eigenvalue weighted by atomic mass is 10.1. The number of hydrogen-bond acceptors (Lipinski definition) is 4. The summed E-state index contributed by atoms with van der Waals surface area (Å²) in [5, 5.41) is 2.44. The van der Waals surface area contributed by atoms with Crippen LogP contribution in [0.2, 0.25) is 0 Å². The van der Waals surface area contributed by atoms with Gasteiger partial charge in [-0.15, -0.1) is 0 Å². The van der Waals surface area contributed by atoms with E-state index >= 15 is 0 Å². The number of nitrogens with one attached hydrogen (secondary N) is 1. The molecule has 1 aromatic rings. The van der Waals surface area contributed by atoms with Crippen molar-refractivity contribution < 1.29 is 17.9 Å². The minimum atomic E-state index is -3.73. The lowest BCUT2D eigenvalue weighted by molar-refractivity contribution is -0.120. The molecule has 0 aromatic heterocycles. The predicted molar refractivity (Wildman–Crippen MR) is 81.0 cm³/mol. The molecule has 0 aliphatic carbocycles. The summed E-state index contributed by atoms with van der Waals surface area (Å²) < 4.78 is 31.8. The Morgan fingerprint density at radius 1 is 1.29 bits per heavy atom. The molecule has 7 heteroatoms. The van der Waals surface area contributed by atoms with Crippen LogP contribution in [0, 0.1) is 13.8 Å². The Morgan fingerprint density at radius 3 is 2.19 bits per heavy atom. The van der Waals surface area contributed by atoms with Crippen molar-refractivity contribution in [3.05, 3.63) is 23.3 Å². The number of benzene rings is 1. The Labute approximate surface area is 126 Å². The number of carbonyl (C=O) groups is 1. The molecule has 0 bridgehead atoms. The lowest BCUT2D eigenvalue weighted by Crippen LogP contribution is -2.39. The average molecular weight is 314 g/mol. The standard InChI is InChI=1S/C14H22N2O4S/c1-6-16(9-13(17)15-4)21(18,19)14-10(2)7-12(20-5)8-11(14)3/h7-8H,6,9H2,1-5H3,(H,15,17). The van der Waals surface area contributed by atoms with E-state index in [1.807, 2.05) is 0 Å². The summed E-state index contributed by atoms with van der Waals surface area (Å²) >= 11 is 0. The second kappa shape index (κ2) is 6.91. The Morgan fingerprint density at radius 2 is 1.81 bits per heavy atom. The predicted octanol–water partition coefficient (Wildman–Crippen LogP) is 1.07. The van der Waals surface area contributed by atoms with Gasteiger partial charge in [0.1, 0.15) is 5.75 Å². The number of ether oxygens (including phenoxy) is 1. The van der Waals surface area contributed by atoms with Gasteiger partial charge in [-0.25, -0.2) is 8.42 Å². The molecule has 0 radical (unpaired) electrons. The maximum atomic E-state index is 12.8. The summed E-state index contributed by atoms with van der Waals surface area (Å²) in [5.74, 6) is 0.266. The maximum absolute atomic E-state index is 12.8. The number of carbonyl (C=O) groups excluding carboxylic acids is 1. The Kier molecular flexibility index (Phi) is 5.74. The molecule has 1 rings (SSSR count). The van der Waals surface area contributed by atoms with Crippen molar-refractivity contribution in [1.82, 2.24) is 9.62 Å². The van der Waals surface area contributed by atoms with Crippen LogP contribution in [-0.4, -0.2) is 45.9 Å². The van der Waals surface area contributed by atoms with E-state index in [1.165, 1.54) is 14.2 Å². The van der Waals surface area contributed by atoms with E-state index in [0.717, 1.165) is 4.31 Å². The number of aryl methyl sites for hydroxylation is 2. The van der Waals surface area contributed by atoms with Crippen molar-refractivity contribution in [2.24, 2.45) is 0 Å². The quantitative estimate of drug-likeness (QED) is 0.852. The first-order valence-electron chi connectivity index (χ1n) is 6.63. The van der Waals surface area contributed by atoms with Gasteiger partial charge in [0, 0.05) is 13.6 Å². The molecule has 6 nitrogen and oxygen atoms in total. The van der Waals surface area contributed by atoms with E-state index in [9.17, 15) is 13.2 Å². The molecular formula is C14H22N2O4S. The molecule has 0 aliphatic heterocycles. The minimum absolute atomic E-state index is 0.194. The third-order valence-corrected chi connectivity index (χ3v) is 5.45. The molecule has 0 aliphatic rings. The zero-order chi connectivity index (χ0) is 16.2. The number of amides is 1. The SMILES string of the molecule is CCN(CC(=O)NC)S(=O)(=O)c1c(C)cc(OC)cc1C. The number of likely N-dealkylation sites (N-methyl/N-ethyl adjacent to an activating group) is 2. The van der Waals surface area contributed by atoms with Gasteiger partial charge in [-0.2, -0.15) is 4.31 Å². The monoisotopic (exact) mass is 314 g/mol. The number of hydrogen-bond donors (Lipinski definition) is 1. The van der Waals surface area contributed by atoms with Crippen molar-refractivity contribution in [3.8, 4) is 5.75 Å². The second-order valence-corrected chi connectivity index (χ2v) is 6.57. The van der Waals surface area contributed by atoms with Crippen molar-refractivity contribution in [1.29, 1.82) is 0 Å². The Hall–Kier alpha value is -1.60. The Bertz CT molecular complexity index is 603. The molecule has 1 N–H and O–H groups in total. The molecule has 0 unspecified atom stereocenters. The number of nitrogens with zero attached hydrogens (tertiary/aromatic N) is 1. The molecule has 0 saturated heterocycles. The van der Waals surface area contributed by atoms with Gasteiger partial charge in [0.05, 0.1) is 18.6 Å². The summed E-state index contributed by atoms with van der Waals surface area (Å²) in [6.45, 7) is 5.17. The highest BCUT2D eigenvalue weighted by atomic mass is 32.2. The summed E-state index contributed by atoms with van der Waals surface area (Å²) in [6.07, 6.45) is 0. The van der Waals surface area contributed by atoms with Crippen LogP contribution in [0.3, 0.4) is 0 Å². The van der Waals surface area contributed by atoms with Crippen LogP contribution in [0.25, 0.3) is 0 Å². The summed E-state index contributed by atoms with van der Waals surface area (Å²) in [7, 11) is -0.713. The van der Waals surface area contributed by atoms with Gasteiger partial charge in [0.2, 0.25) is 15.9 Å². The van der Waals surface area contributed by atoms with E-state index in [2.05, 4.69) is 5.32 Å². The van der Waals surface area contributed by atoms with E-state index in [4.69, 9.17) is 4.74 Å². The Balaban J connectivity index is 3.32. The first-order valence-corrected chi connectivity index (χ1v) is 8.07. The van der Waals surface area contributed by atoms with Gasteiger partial charge < -0.3 is 10.1 Å². The fourth-order valence-electron chi connectivity index (χ4n) is 2.17. The van der Waals surface area contributed by atoms with Gasteiger partial charge in [-0.05, 0) is 37.1 Å². The second-order valence-electron chi connectivity index (χ2n) is 4.69. The van der Waals surface area contributed by atoms with Crippen molar-refractivity contribution in [3.63, 3.8) is 0 Å². The normalized spacial score (nSPS) is 11.5. The van der Waals surface area contributed by atoms with E-state index < -0.39 is 10.0 Å². The summed E-state index contributed by atoms with van der Waals surface area (Å²) in [6, 6.07) is 3.35. The van der Waals surface area contributed by atoms with E-state index in [1.54, 1.807) is 32.9 Å². The van der Waals surface area contributed by atoms with Gasteiger partial charge in [-0.1, -0.05) is 6.92 Å². The van der Waals surface area contributed by atoms with Crippen molar-refractivity contribution in [2.45, 2.75) is 25.7 Å². The highest BCUT2D eigenvalue weighted by molar-refractivity contribution is 7.89. The summed E-state index contributed by atoms with van der Waals surface area (Å²) in [4.78, 5) is 11.7. The zero-order valence-electron chi connectivity index (χ0n) is 13.1. The molecule has 1 aromatic carbocycles. The van der Waals surface area contributed by atoms with Gasteiger partial charge >= 0.3 is 0 Å². The van der Waals surface area contributed by atoms with Crippen LogP contribution in [0.5, 0.6) is 5.75 Å².